The summed E-state index contributed by atoms with van der Waals surface area (Å²) >= 11 is 16.4. The molecule has 0 saturated heterocycles. The van der Waals surface area contributed by atoms with Gasteiger partial charge in [-0.05, 0) is 42.5 Å². The van der Waals surface area contributed by atoms with Crippen molar-refractivity contribution >= 4 is 47.4 Å². The van der Waals surface area contributed by atoms with Crippen molar-refractivity contribution < 1.29 is 9.21 Å². The molecule has 6 heteroatoms. The Kier molecular flexibility index (Phi) is 4.66. The smallest absolute Gasteiger partial charge is 0.291 e. The molecule has 1 N–H and O–H groups in total. The minimum atomic E-state index is -0.365. The summed E-state index contributed by atoms with van der Waals surface area (Å²) in [5.41, 5.74) is 1.24. The summed E-state index contributed by atoms with van der Waals surface area (Å²) in [5.74, 6) is 0.283. The van der Waals surface area contributed by atoms with E-state index in [9.17, 15) is 4.79 Å². The highest BCUT2D eigenvalue weighted by atomic mass is 35.5. The monoisotopic (exact) mass is 363 g/mol. The molecule has 0 saturated carbocycles. The Hall–Kier alpha value is -1.88. The van der Waals surface area contributed by atoms with Gasteiger partial charge in [0.2, 0.25) is 0 Å². The van der Waals surface area contributed by atoms with Gasteiger partial charge < -0.3 is 9.73 Å². The first kappa shape index (κ1) is 16.0. The maximum atomic E-state index is 12.3. The number of anilines is 1. The van der Waals surface area contributed by atoms with Crippen LogP contribution in [0.4, 0.5) is 5.69 Å². The second-order valence-corrected chi connectivity index (χ2v) is 6.08. The molecule has 2 aromatic carbocycles. The normalized spacial score (nSPS) is 10.6. The first-order valence-electron chi connectivity index (χ1n) is 6.69. The lowest BCUT2D eigenvalue weighted by Gasteiger charge is -2.05. The molecule has 1 heterocycles. The highest BCUT2D eigenvalue weighted by Crippen LogP contribution is 2.32. The van der Waals surface area contributed by atoms with Gasteiger partial charge in [0, 0.05) is 15.5 Å². The van der Waals surface area contributed by atoms with Gasteiger partial charge >= 0.3 is 0 Å². The molecule has 0 aliphatic carbocycles. The Morgan fingerprint density at radius 2 is 1.83 bits per heavy atom. The van der Waals surface area contributed by atoms with E-state index in [1.807, 2.05) is 12.1 Å². The zero-order valence-corrected chi connectivity index (χ0v) is 14.1. The average molecular weight is 364 g/mol. The lowest BCUT2D eigenvalue weighted by Crippen LogP contribution is -2.11. The van der Waals surface area contributed by atoms with Crippen LogP contribution in [-0.2, 0) is 0 Å². The molecule has 116 valence electrons. The van der Waals surface area contributed by atoms with E-state index in [2.05, 4.69) is 17.9 Å². The molecule has 1 amide bonds. The van der Waals surface area contributed by atoms with Crippen molar-refractivity contribution in [1.29, 1.82) is 0 Å². The fourth-order valence-corrected chi connectivity index (χ4v) is 2.65. The summed E-state index contributed by atoms with van der Waals surface area (Å²) in [5, 5.41) is 3.78. The molecule has 0 unspecified atom stereocenters. The molecule has 0 bridgehead atoms. The zero-order valence-electron chi connectivity index (χ0n) is 11.7. The molecular formula is C17H11Cl2NO2S. The number of rotatable bonds is 3. The lowest BCUT2D eigenvalue weighted by atomic mass is 10.2. The fraction of sp³-hybridized carbons (Fsp3) is 0. The molecule has 23 heavy (non-hydrogen) atoms. The fourth-order valence-electron chi connectivity index (χ4n) is 2.05. The number of para-hydroxylation sites is 1. The maximum Gasteiger partial charge on any atom is 0.291 e. The molecule has 0 radical (unpaired) electrons. The summed E-state index contributed by atoms with van der Waals surface area (Å²) in [6.07, 6.45) is 0. The second kappa shape index (κ2) is 6.71. The first-order valence-corrected chi connectivity index (χ1v) is 7.89. The van der Waals surface area contributed by atoms with Crippen molar-refractivity contribution in [2.45, 2.75) is 4.90 Å². The van der Waals surface area contributed by atoms with Crippen LogP contribution in [0, 0.1) is 0 Å². The van der Waals surface area contributed by atoms with Gasteiger partial charge in [0.05, 0.1) is 10.7 Å². The van der Waals surface area contributed by atoms with Gasteiger partial charge in [0.1, 0.15) is 5.76 Å². The summed E-state index contributed by atoms with van der Waals surface area (Å²) in [4.78, 5) is 12.9. The average Bonchev–Trinajstić information content (AvgIpc) is 3.02. The van der Waals surface area contributed by atoms with Gasteiger partial charge in [-0.1, -0.05) is 35.3 Å². The largest absolute Gasteiger partial charge is 0.451 e. The highest BCUT2D eigenvalue weighted by molar-refractivity contribution is 7.80. The van der Waals surface area contributed by atoms with Crippen LogP contribution in [0.3, 0.4) is 0 Å². The van der Waals surface area contributed by atoms with E-state index in [0.717, 1.165) is 0 Å². The molecule has 0 aliphatic rings. The summed E-state index contributed by atoms with van der Waals surface area (Å²) in [6, 6.07) is 15.5. The number of halogens is 2. The summed E-state index contributed by atoms with van der Waals surface area (Å²) in [6.45, 7) is 0. The third-order valence-electron chi connectivity index (χ3n) is 3.18. The van der Waals surface area contributed by atoms with Crippen LogP contribution >= 0.6 is 35.8 Å². The lowest BCUT2D eigenvalue weighted by molar-refractivity contribution is 0.0997. The Labute approximate surface area is 148 Å². The van der Waals surface area contributed by atoms with Crippen LogP contribution in [0.2, 0.25) is 10.0 Å². The molecule has 0 aliphatic heterocycles. The zero-order chi connectivity index (χ0) is 16.4. The van der Waals surface area contributed by atoms with E-state index in [1.54, 1.807) is 42.5 Å². The predicted octanol–water partition coefficient (Wildman–Crippen LogP) is 5.79. The maximum absolute atomic E-state index is 12.3. The van der Waals surface area contributed by atoms with Gasteiger partial charge in [-0.3, -0.25) is 4.79 Å². The summed E-state index contributed by atoms with van der Waals surface area (Å²) < 4.78 is 5.60. The van der Waals surface area contributed by atoms with Crippen LogP contribution in [0.5, 0.6) is 0 Å². The van der Waals surface area contributed by atoms with Crippen molar-refractivity contribution in [3.63, 3.8) is 0 Å². The van der Waals surface area contributed by atoms with Gasteiger partial charge in [-0.15, -0.1) is 12.6 Å². The van der Waals surface area contributed by atoms with E-state index in [0.29, 0.717) is 32.0 Å². The number of amides is 1. The number of thiol groups is 1. The molecule has 0 fully saturated rings. The molecular weight excluding hydrogens is 353 g/mol. The van der Waals surface area contributed by atoms with E-state index in [4.69, 9.17) is 27.6 Å². The number of furan rings is 1. The molecule has 1 aromatic heterocycles. The Bertz CT molecular complexity index is 877. The number of carbonyl (C=O) groups is 1. The standard InChI is InChI=1S/C17H11Cl2NO2S/c18-10-5-6-12(19)11(9-10)14-7-8-15(22-14)17(21)20-13-3-1-2-4-16(13)23/h1-9,23H,(H,20,21). The third kappa shape index (κ3) is 3.55. The van der Waals surface area contributed by atoms with Gasteiger partial charge in [-0.25, -0.2) is 0 Å². The topological polar surface area (TPSA) is 42.2 Å². The van der Waals surface area contributed by atoms with Crippen LogP contribution in [-0.4, -0.2) is 5.91 Å². The minimum absolute atomic E-state index is 0.174. The van der Waals surface area contributed by atoms with Crippen LogP contribution in [0.1, 0.15) is 10.6 Å². The van der Waals surface area contributed by atoms with Crippen LogP contribution < -0.4 is 5.32 Å². The van der Waals surface area contributed by atoms with Crippen LogP contribution in [0.15, 0.2) is 63.9 Å². The number of benzene rings is 2. The van der Waals surface area contributed by atoms with Crippen molar-refractivity contribution in [3.05, 3.63) is 70.4 Å². The molecule has 3 aromatic rings. The van der Waals surface area contributed by atoms with E-state index >= 15 is 0 Å². The van der Waals surface area contributed by atoms with Crippen LogP contribution in [0.25, 0.3) is 11.3 Å². The second-order valence-electron chi connectivity index (χ2n) is 4.76. The predicted molar refractivity (Wildman–Crippen MR) is 95.8 cm³/mol. The molecule has 0 spiro atoms. The van der Waals surface area contributed by atoms with Crippen molar-refractivity contribution in [2.24, 2.45) is 0 Å². The third-order valence-corrected chi connectivity index (χ3v) is 4.13. The molecule has 3 rings (SSSR count). The van der Waals surface area contributed by atoms with Crippen molar-refractivity contribution in [1.82, 2.24) is 0 Å². The van der Waals surface area contributed by atoms with E-state index < -0.39 is 0 Å². The number of nitrogens with one attached hydrogen (secondary N) is 1. The molecule has 3 nitrogen and oxygen atoms in total. The Balaban J connectivity index is 1.86. The Morgan fingerprint density at radius 1 is 1.04 bits per heavy atom. The SMILES string of the molecule is O=C(Nc1ccccc1S)c1ccc(-c2cc(Cl)ccc2Cl)o1. The van der Waals surface area contributed by atoms with Crippen molar-refractivity contribution in [3.8, 4) is 11.3 Å². The highest BCUT2D eigenvalue weighted by Gasteiger charge is 2.15. The minimum Gasteiger partial charge on any atom is -0.451 e. The van der Waals surface area contributed by atoms with Crippen molar-refractivity contribution in [2.75, 3.05) is 5.32 Å². The van der Waals surface area contributed by atoms with Gasteiger partial charge in [-0.2, -0.15) is 0 Å². The number of hydrogen-bond donors (Lipinski definition) is 2. The quantitative estimate of drug-likeness (QED) is 0.577. The van der Waals surface area contributed by atoms with Gasteiger partial charge in [0.15, 0.2) is 5.76 Å². The number of carbonyl (C=O) groups excluding carboxylic acids is 1. The Morgan fingerprint density at radius 3 is 2.61 bits per heavy atom. The summed E-state index contributed by atoms with van der Waals surface area (Å²) in [7, 11) is 0. The first-order chi connectivity index (χ1) is 11.0. The molecule has 0 atom stereocenters. The number of hydrogen-bond acceptors (Lipinski definition) is 3. The van der Waals surface area contributed by atoms with E-state index in [1.165, 1.54) is 0 Å². The van der Waals surface area contributed by atoms with E-state index in [-0.39, 0.29) is 11.7 Å². The van der Waals surface area contributed by atoms with Gasteiger partial charge in [0.25, 0.3) is 5.91 Å².